The first-order valence-corrected chi connectivity index (χ1v) is 14.0. The maximum Gasteiger partial charge on any atom is 0.434 e. The van der Waals surface area contributed by atoms with Crippen molar-refractivity contribution in [2.75, 3.05) is 5.88 Å². The molecule has 36 heavy (non-hydrogen) atoms. The molecule has 13 heteroatoms. The van der Waals surface area contributed by atoms with Gasteiger partial charge in [0.05, 0.1) is 13.7 Å². The first kappa shape index (κ1) is 30.2. The fraction of sp³-hybridized carbons (Fsp3) is 0.609. The molecule has 2 rings (SSSR count). The Bertz CT molecular complexity index is 1050. The van der Waals surface area contributed by atoms with E-state index in [-0.39, 0.29) is 54.7 Å². The molecule has 0 aliphatic carbocycles. The van der Waals surface area contributed by atoms with Crippen molar-refractivity contribution in [3.8, 4) is 5.75 Å². The van der Waals surface area contributed by atoms with Crippen molar-refractivity contribution in [2.24, 2.45) is 18.9 Å². The molecule has 0 bridgehead atoms. The van der Waals surface area contributed by atoms with Crippen molar-refractivity contribution in [3.63, 3.8) is 0 Å². The Labute approximate surface area is 216 Å². The van der Waals surface area contributed by atoms with Gasteiger partial charge in [0.15, 0.2) is 17.3 Å². The van der Waals surface area contributed by atoms with Crippen LogP contribution < -0.4 is 14.9 Å². The number of nitrogens with zero attached hydrogens (tertiary/aromatic N) is 3. The molecule has 202 valence electrons. The second-order valence-corrected chi connectivity index (χ2v) is 11.5. The first-order chi connectivity index (χ1) is 16.9. The molecule has 3 atom stereocenters. The van der Waals surface area contributed by atoms with Gasteiger partial charge in [-0.2, -0.15) is 0 Å². The van der Waals surface area contributed by atoms with Gasteiger partial charge in [-0.1, -0.05) is 45.7 Å². The lowest BCUT2D eigenvalue weighted by Gasteiger charge is -2.31. The number of nitro groups is 1. The van der Waals surface area contributed by atoms with E-state index >= 15 is 0 Å². The molecule has 0 aliphatic heterocycles. The zero-order valence-corrected chi connectivity index (χ0v) is 23.2. The molecule has 1 aromatic heterocycles. The summed E-state index contributed by atoms with van der Waals surface area (Å²) in [7, 11) is -2.05. The predicted octanol–water partition coefficient (Wildman–Crippen LogP) is 5.55. The molecule has 0 amide bonds. The quantitative estimate of drug-likeness (QED) is 0.129. The first-order valence-electron chi connectivity index (χ1n) is 11.8. The van der Waals surface area contributed by atoms with Crippen molar-refractivity contribution < 1.29 is 23.1 Å². The molecule has 0 saturated heterocycles. The van der Waals surface area contributed by atoms with Crippen molar-refractivity contribution in [1.29, 1.82) is 0 Å². The van der Waals surface area contributed by atoms with Gasteiger partial charge in [0.25, 0.3) is 0 Å². The smallest absolute Gasteiger partial charge is 0.434 e. The van der Waals surface area contributed by atoms with Crippen LogP contribution in [0.3, 0.4) is 0 Å². The SMILES string of the molecule is CC[C@H](NP(=O)(N[C@@H](CCl)C(C)C)OCc1ccc(OCc2cnc([N+](=O)[O-])n2C)c(F)c1)C(C)C. The molecule has 2 N–H and O–H groups in total. The molecule has 0 radical (unpaired) electrons. The summed E-state index contributed by atoms with van der Waals surface area (Å²) in [6.45, 7) is 9.81. The number of aromatic nitrogens is 2. The van der Waals surface area contributed by atoms with Crippen LogP contribution in [0.1, 0.15) is 52.3 Å². The van der Waals surface area contributed by atoms with Crippen LogP contribution in [0.5, 0.6) is 5.75 Å². The minimum absolute atomic E-state index is 0.0325. The van der Waals surface area contributed by atoms with Gasteiger partial charge in [-0.25, -0.2) is 19.1 Å². The maximum absolute atomic E-state index is 14.7. The number of ether oxygens (including phenoxy) is 1. The molecular weight excluding hydrogens is 512 g/mol. The molecule has 1 heterocycles. The standard InChI is InChI=1S/C23H36ClFN5O5P/c1-7-20(15(2)3)27-36(33,28-21(11-24)16(4)5)35-13-17-8-9-22(19(25)10-17)34-14-18-12-26-23(29(18)6)30(31)32/h8-10,12,15-16,20-21H,7,11,13-14H2,1-6H3,(H2,27,28,33)/t20-,21-,36?/m0/s1. The van der Waals surface area contributed by atoms with Crippen molar-refractivity contribution in [3.05, 3.63) is 51.6 Å². The van der Waals surface area contributed by atoms with Crippen molar-refractivity contribution >= 4 is 25.2 Å². The normalized spacial score (nSPS) is 15.2. The lowest BCUT2D eigenvalue weighted by Crippen LogP contribution is -2.41. The average molecular weight is 548 g/mol. The Balaban J connectivity index is 2.12. The summed E-state index contributed by atoms with van der Waals surface area (Å²) in [5.74, 6) is -0.407. The van der Waals surface area contributed by atoms with Crippen molar-refractivity contribution in [2.45, 2.75) is 66.3 Å². The average Bonchev–Trinajstić information content (AvgIpc) is 3.19. The Hall–Kier alpha value is -2.04. The van der Waals surface area contributed by atoms with E-state index in [9.17, 15) is 19.1 Å². The summed E-state index contributed by atoms with van der Waals surface area (Å²) in [6.07, 6.45) is 2.06. The van der Waals surface area contributed by atoms with E-state index in [0.29, 0.717) is 11.3 Å². The Kier molecular flexibility index (Phi) is 11.3. The Morgan fingerprint density at radius 2 is 1.83 bits per heavy atom. The van der Waals surface area contributed by atoms with Crippen LogP contribution in [0.2, 0.25) is 0 Å². The highest BCUT2D eigenvalue weighted by atomic mass is 35.5. The van der Waals surface area contributed by atoms with Gasteiger partial charge in [-0.3, -0.25) is 4.57 Å². The minimum Gasteiger partial charge on any atom is -0.483 e. The van der Waals surface area contributed by atoms with E-state index in [1.165, 1.54) is 29.9 Å². The number of halogens is 2. The lowest BCUT2D eigenvalue weighted by atomic mass is 10.0. The third kappa shape index (κ3) is 8.24. The second kappa shape index (κ2) is 13.5. The molecule has 10 nitrogen and oxygen atoms in total. The molecule has 0 aliphatic rings. The molecular formula is C23H36ClFN5O5P. The summed E-state index contributed by atoms with van der Waals surface area (Å²) in [4.78, 5) is 14.0. The third-order valence-electron chi connectivity index (χ3n) is 5.90. The number of hydrogen-bond donors (Lipinski definition) is 2. The van der Waals surface area contributed by atoms with E-state index in [1.807, 2.05) is 34.6 Å². The van der Waals surface area contributed by atoms with E-state index in [4.69, 9.17) is 20.9 Å². The van der Waals surface area contributed by atoms with Crippen LogP contribution in [0.15, 0.2) is 24.4 Å². The van der Waals surface area contributed by atoms with E-state index in [1.54, 1.807) is 6.07 Å². The van der Waals surface area contributed by atoms with Crippen LogP contribution in [0.25, 0.3) is 0 Å². The van der Waals surface area contributed by atoms with Crippen LogP contribution in [0.4, 0.5) is 10.3 Å². The predicted molar refractivity (Wildman–Crippen MR) is 138 cm³/mol. The second-order valence-electron chi connectivity index (χ2n) is 9.27. The molecule has 1 aromatic carbocycles. The highest BCUT2D eigenvalue weighted by Gasteiger charge is 2.31. The molecule has 0 fully saturated rings. The Morgan fingerprint density at radius 1 is 1.19 bits per heavy atom. The van der Waals surface area contributed by atoms with E-state index in [0.717, 1.165) is 6.42 Å². The zero-order chi connectivity index (χ0) is 27.0. The number of nitrogens with one attached hydrogen (secondary N) is 2. The van der Waals surface area contributed by atoms with Crippen LogP contribution in [-0.4, -0.2) is 32.4 Å². The van der Waals surface area contributed by atoms with Crippen molar-refractivity contribution in [1.82, 2.24) is 19.7 Å². The van der Waals surface area contributed by atoms with E-state index < -0.39 is 18.4 Å². The number of imidazole rings is 1. The summed E-state index contributed by atoms with van der Waals surface area (Å²) in [5, 5.41) is 17.1. The van der Waals surface area contributed by atoms with Crippen LogP contribution >= 0.6 is 19.3 Å². The number of hydrogen-bond acceptors (Lipinski definition) is 6. The number of rotatable bonds is 15. The van der Waals surface area contributed by atoms with E-state index in [2.05, 4.69) is 15.2 Å². The number of benzene rings is 1. The molecule has 0 spiro atoms. The van der Waals surface area contributed by atoms with Gasteiger partial charge in [0.1, 0.15) is 12.8 Å². The van der Waals surface area contributed by atoms with Gasteiger partial charge < -0.3 is 19.4 Å². The molecule has 2 aromatic rings. The minimum atomic E-state index is -3.53. The van der Waals surface area contributed by atoms with Crippen LogP contribution in [0, 0.1) is 27.8 Å². The Morgan fingerprint density at radius 3 is 2.33 bits per heavy atom. The van der Waals surface area contributed by atoms with Gasteiger partial charge in [-0.05, 0) is 40.9 Å². The number of alkyl halides is 1. The maximum atomic E-state index is 14.7. The summed E-state index contributed by atoms with van der Waals surface area (Å²) in [5.41, 5.74) is 0.880. The van der Waals surface area contributed by atoms with Gasteiger partial charge in [0, 0.05) is 18.0 Å². The molecule has 1 unspecified atom stereocenters. The van der Waals surface area contributed by atoms with Gasteiger partial charge in [-0.15, -0.1) is 11.6 Å². The summed E-state index contributed by atoms with van der Waals surface area (Å²) in [6, 6.07) is 3.98. The highest BCUT2D eigenvalue weighted by molar-refractivity contribution is 7.54. The monoisotopic (exact) mass is 547 g/mol. The summed E-state index contributed by atoms with van der Waals surface area (Å²) < 4.78 is 41.1. The largest absolute Gasteiger partial charge is 0.483 e. The van der Waals surface area contributed by atoms with Crippen LogP contribution in [-0.2, 0) is 29.4 Å². The third-order valence-corrected chi connectivity index (χ3v) is 8.06. The van der Waals surface area contributed by atoms with Gasteiger partial charge in [0.2, 0.25) is 0 Å². The van der Waals surface area contributed by atoms with Gasteiger partial charge >= 0.3 is 13.6 Å². The highest BCUT2D eigenvalue weighted by Crippen LogP contribution is 2.42. The molecule has 0 saturated carbocycles. The fourth-order valence-electron chi connectivity index (χ4n) is 3.43. The lowest BCUT2D eigenvalue weighted by molar-refractivity contribution is -0.396. The topological polar surface area (TPSA) is 121 Å². The fourth-order valence-corrected chi connectivity index (χ4v) is 6.27. The zero-order valence-electron chi connectivity index (χ0n) is 21.5. The summed E-state index contributed by atoms with van der Waals surface area (Å²) >= 11 is 6.09.